The van der Waals surface area contributed by atoms with Crippen molar-refractivity contribution in [1.29, 1.82) is 0 Å². The van der Waals surface area contributed by atoms with E-state index in [1.54, 1.807) is 0 Å². The van der Waals surface area contributed by atoms with E-state index in [9.17, 15) is 4.79 Å². The van der Waals surface area contributed by atoms with Gasteiger partial charge in [-0.15, -0.1) is 0 Å². The van der Waals surface area contributed by atoms with E-state index in [2.05, 4.69) is 6.58 Å². The second kappa shape index (κ2) is 5.11. The van der Waals surface area contributed by atoms with Crippen molar-refractivity contribution in [1.82, 2.24) is 0 Å². The topological polar surface area (TPSA) is 35.5 Å². The molecule has 0 saturated carbocycles. The van der Waals surface area contributed by atoms with Gasteiger partial charge in [0.25, 0.3) is 0 Å². The Balaban J connectivity index is 3.74. The van der Waals surface area contributed by atoms with Crippen molar-refractivity contribution in [3.05, 3.63) is 12.7 Å². The van der Waals surface area contributed by atoms with Gasteiger partial charge in [0.2, 0.25) is 8.32 Å². The number of ether oxygens (including phenoxy) is 1. The highest BCUT2D eigenvalue weighted by Crippen LogP contribution is 2.04. The third-order valence-corrected chi connectivity index (χ3v) is 3.17. The molecule has 4 heteroatoms. The van der Waals surface area contributed by atoms with Crippen molar-refractivity contribution >= 4 is 14.3 Å². The summed E-state index contributed by atoms with van der Waals surface area (Å²) in [7, 11) is -1.77. The van der Waals surface area contributed by atoms with E-state index >= 15 is 0 Å². The molecule has 0 heterocycles. The van der Waals surface area contributed by atoms with Gasteiger partial charge in [-0.3, -0.25) is 0 Å². The number of carbonyl (C=O) groups is 1. The van der Waals surface area contributed by atoms with E-state index < -0.39 is 8.32 Å². The molecular formula is C8H16O3Si. The van der Waals surface area contributed by atoms with E-state index in [1.807, 2.05) is 20.0 Å². The molecule has 0 spiro atoms. The van der Waals surface area contributed by atoms with Crippen molar-refractivity contribution in [3.63, 3.8) is 0 Å². The number of carbonyl (C=O) groups excluding carboxylic acids is 1. The molecule has 12 heavy (non-hydrogen) atoms. The summed E-state index contributed by atoms with van der Waals surface area (Å²) in [6.07, 6.45) is 1.56. The summed E-state index contributed by atoms with van der Waals surface area (Å²) in [6, 6.07) is 0. The molecule has 0 rings (SSSR count). The van der Waals surface area contributed by atoms with Gasteiger partial charge in [-0.05, 0) is 20.0 Å². The summed E-state index contributed by atoms with van der Waals surface area (Å²) >= 11 is 0. The van der Waals surface area contributed by atoms with Crippen LogP contribution in [0.5, 0.6) is 0 Å². The molecule has 0 saturated heterocycles. The molecule has 0 bridgehead atoms. The minimum Gasteiger partial charge on any atom is -0.463 e. The Labute approximate surface area is 74.5 Å². The van der Waals surface area contributed by atoms with E-state index in [0.717, 1.165) is 6.08 Å². The zero-order valence-electron chi connectivity index (χ0n) is 7.92. The molecule has 0 N–H and O–H groups in total. The van der Waals surface area contributed by atoms with Gasteiger partial charge >= 0.3 is 5.97 Å². The minimum atomic E-state index is -1.77. The van der Waals surface area contributed by atoms with Crippen molar-refractivity contribution in [2.24, 2.45) is 0 Å². The summed E-state index contributed by atoms with van der Waals surface area (Å²) < 4.78 is 10.3. The van der Waals surface area contributed by atoms with Gasteiger partial charge in [-0.1, -0.05) is 6.58 Å². The van der Waals surface area contributed by atoms with Crippen LogP contribution in [0, 0.1) is 0 Å². The molecule has 0 aliphatic rings. The lowest BCUT2D eigenvalue weighted by Crippen LogP contribution is -2.37. The molecule has 0 aromatic heterocycles. The summed E-state index contributed by atoms with van der Waals surface area (Å²) in [5, 5.41) is 0. The molecule has 0 aliphatic carbocycles. The van der Waals surface area contributed by atoms with Gasteiger partial charge in [0, 0.05) is 12.7 Å². The Morgan fingerprint density at radius 3 is 2.58 bits per heavy atom. The Morgan fingerprint density at radius 2 is 2.17 bits per heavy atom. The van der Waals surface area contributed by atoms with E-state index in [0.29, 0.717) is 12.8 Å². The Bertz CT molecular complexity index is 166. The quantitative estimate of drug-likeness (QED) is 0.372. The fraction of sp³-hybridized carbons (Fsp3) is 0.625. The summed E-state index contributed by atoms with van der Waals surface area (Å²) in [4.78, 5) is 10.7. The van der Waals surface area contributed by atoms with Crippen LogP contribution in [-0.2, 0) is 14.0 Å². The first kappa shape index (κ1) is 11.4. The molecule has 70 valence electrons. The lowest BCUT2D eigenvalue weighted by atomic mass is 10.7. The largest absolute Gasteiger partial charge is 0.463 e. The molecule has 0 atom stereocenters. The second-order valence-electron chi connectivity index (χ2n) is 3.00. The molecular weight excluding hydrogens is 172 g/mol. The number of esters is 1. The third kappa shape index (κ3) is 5.09. The van der Waals surface area contributed by atoms with Crippen LogP contribution >= 0.6 is 0 Å². The zero-order valence-corrected chi connectivity index (χ0v) is 8.92. The first-order chi connectivity index (χ1) is 5.52. The van der Waals surface area contributed by atoms with Gasteiger partial charge in [-0.25, -0.2) is 4.79 Å². The fourth-order valence-corrected chi connectivity index (χ4v) is 2.09. The molecule has 0 fully saturated rings. The first-order valence-corrected chi connectivity index (χ1v) is 7.06. The number of rotatable bonds is 5. The Morgan fingerprint density at radius 1 is 1.58 bits per heavy atom. The Kier molecular flexibility index (Phi) is 4.85. The van der Waals surface area contributed by atoms with Crippen molar-refractivity contribution in [2.45, 2.75) is 20.0 Å². The lowest BCUT2D eigenvalue weighted by molar-refractivity contribution is -0.136. The third-order valence-electron chi connectivity index (χ3n) is 1.26. The lowest BCUT2D eigenvalue weighted by Gasteiger charge is -2.20. The minimum absolute atomic E-state index is 0.379. The molecule has 0 aromatic rings. The highest BCUT2D eigenvalue weighted by molar-refractivity contribution is 6.71. The molecule has 0 unspecified atom stereocenters. The molecule has 0 aromatic carbocycles. The smallest absolute Gasteiger partial charge is 0.329 e. The summed E-state index contributed by atoms with van der Waals surface area (Å²) in [5.74, 6) is -0.379. The van der Waals surface area contributed by atoms with Crippen LogP contribution in [0.25, 0.3) is 0 Å². The van der Waals surface area contributed by atoms with Crippen molar-refractivity contribution < 1.29 is 14.0 Å². The van der Waals surface area contributed by atoms with Crippen molar-refractivity contribution in [3.8, 4) is 0 Å². The molecule has 3 nitrogen and oxygen atoms in total. The fourth-order valence-electron chi connectivity index (χ4n) is 0.736. The Hall–Kier alpha value is -0.613. The summed E-state index contributed by atoms with van der Waals surface area (Å²) in [6.45, 7) is 9.93. The molecule has 0 aliphatic heterocycles. The number of hydrogen-bond donors (Lipinski definition) is 0. The average Bonchev–Trinajstić information content (AvgIpc) is 2.00. The normalized spacial score (nSPS) is 10.9. The van der Waals surface area contributed by atoms with Gasteiger partial charge in [-0.2, -0.15) is 0 Å². The average molecular weight is 188 g/mol. The van der Waals surface area contributed by atoms with E-state index in [1.165, 1.54) is 0 Å². The van der Waals surface area contributed by atoms with Crippen LogP contribution in [0.3, 0.4) is 0 Å². The van der Waals surface area contributed by atoms with Crippen LogP contribution in [0.2, 0.25) is 13.1 Å². The van der Waals surface area contributed by atoms with Gasteiger partial charge in [0.1, 0.15) is 6.23 Å². The van der Waals surface area contributed by atoms with Gasteiger partial charge < -0.3 is 9.16 Å². The van der Waals surface area contributed by atoms with E-state index in [-0.39, 0.29) is 5.97 Å². The van der Waals surface area contributed by atoms with Gasteiger partial charge in [0.05, 0.1) is 0 Å². The maximum atomic E-state index is 10.7. The summed E-state index contributed by atoms with van der Waals surface area (Å²) in [5.41, 5.74) is 0. The van der Waals surface area contributed by atoms with Crippen molar-refractivity contribution in [2.75, 3.05) is 12.8 Å². The van der Waals surface area contributed by atoms with Crippen LogP contribution < -0.4 is 0 Å². The molecule has 0 radical (unpaired) electrons. The maximum Gasteiger partial charge on any atom is 0.329 e. The zero-order chi connectivity index (χ0) is 9.61. The van der Waals surface area contributed by atoms with Crippen LogP contribution in [0.15, 0.2) is 12.7 Å². The highest BCUT2D eigenvalue weighted by Gasteiger charge is 2.23. The predicted octanol–water partition coefficient (Wildman–Crippen LogP) is 1.50. The second-order valence-corrected chi connectivity index (χ2v) is 7.10. The van der Waals surface area contributed by atoms with Crippen LogP contribution in [0.1, 0.15) is 6.92 Å². The van der Waals surface area contributed by atoms with Crippen LogP contribution in [0.4, 0.5) is 0 Å². The van der Waals surface area contributed by atoms with Crippen LogP contribution in [-0.4, -0.2) is 27.1 Å². The standard InChI is InChI=1S/C8H16O3Si/c1-5-8(9)10-7-12(3,4)11-6-2/h5H,1,6-7H2,2-4H3. The highest BCUT2D eigenvalue weighted by atomic mass is 28.4. The predicted molar refractivity (Wildman–Crippen MR) is 50.3 cm³/mol. The molecule has 0 amide bonds. The monoisotopic (exact) mass is 188 g/mol. The van der Waals surface area contributed by atoms with E-state index in [4.69, 9.17) is 9.16 Å². The SMILES string of the molecule is C=CC(=O)OC[Si](C)(C)OCC. The number of hydrogen-bond acceptors (Lipinski definition) is 3. The van der Waals surface area contributed by atoms with Gasteiger partial charge in [0.15, 0.2) is 0 Å². The first-order valence-electron chi connectivity index (χ1n) is 3.95. The maximum absolute atomic E-state index is 10.7.